The van der Waals surface area contributed by atoms with Crippen LogP contribution in [0.3, 0.4) is 0 Å². The Bertz CT molecular complexity index is 1500. The number of nitrogens with zero attached hydrogens (tertiary/aromatic N) is 8. The SMILES string of the molecule is O=C(c1ccc(Nc2nc(N(C3CCCCC3)C3CCNCC3)nc3c2ncn3-c2cnccn2)cc1)N1CCCCC1. The number of hydrogen-bond donors (Lipinski definition) is 2. The zero-order valence-corrected chi connectivity index (χ0v) is 24.7. The molecule has 0 bridgehead atoms. The highest BCUT2D eigenvalue weighted by molar-refractivity contribution is 5.95. The van der Waals surface area contributed by atoms with Gasteiger partial charge in [-0.3, -0.25) is 14.3 Å². The number of imidazole rings is 1. The van der Waals surface area contributed by atoms with E-state index in [4.69, 9.17) is 15.0 Å². The molecule has 2 N–H and O–H groups in total. The first-order valence-electron chi connectivity index (χ1n) is 15.9. The van der Waals surface area contributed by atoms with Crippen LogP contribution in [-0.4, -0.2) is 78.6 Å². The first-order chi connectivity index (χ1) is 21.2. The normalized spacial score (nSPS) is 18.6. The molecule has 3 fully saturated rings. The molecule has 1 amide bonds. The molecule has 0 radical (unpaired) electrons. The van der Waals surface area contributed by atoms with Gasteiger partial charge in [0.2, 0.25) is 5.95 Å². The van der Waals surface area contributed by atoms with Gasteiger partial charge in [0.05, 0.1) is 6.20 Å². The Morgan fingerprint density at radius 3 is 2.35 bits per heavy atom. The van der Waals surface area contributed by atoms with E-state index >= 15 is 0 Å². The van der Waals surface area contributed by atoms with E-state index in [9.17, 15) is 4.79 Å². The Hall–Kier alpha value is -4.12. The van der Waals surface area contributed by atoms with Crippen LogP contribution in [0, 0.1) is 0 Å². The number of amides is 1. The van der Waals surface area contributed by atoms with Gasteiger partial charge in [-0.1, -0.05) is 19.3 Å². The van der Waals surface area contributed by atoms with Crippen molar-refractivity contribution in [2.75, 3.05) is 36.4 Å². The van der Waals surface area contributed by atoms with Crippen molar-refractivity contribution in [3.05, 3.63) is 54.7 Å². The predicted molar refractivity (Wildman–Crippen MR) is 167 cm³/mol. The molecule has 224 valence electrons. The number of fused-ring (bicyclic) bond motifs is 1. The lowest BCUT2D eigenvalue weighted by Gasteiger charge is -2.42. The maximum absolute atomic E-state index is 13.1. The second-order valence-electron chi connectivity index (χ2n) is 12.0. The molecule has 4 aromatic rings. The van der Waals surface area contributed by atoms with E-state index in [-0.39, 0.29) is 5.91 Å². The van der Waals surface area contributed by atoms with E-state index in [0.717, 1.165) is 76.3 Å². The third kappa shape index (κ3) is 5.90. The largest absolute Gasteiger partial charge is 0.339 e. The van der Waals surface area contributed by atoms with Gasteiger partial charge in [0.15, 0.2) is 22.8 Å². The highest BCUT2D eigenvalue weighted by Gasteiger charge is 2.32. The molecule has 0 spiro atoms. The number of nitrogens with one attached hydrogen (secondary N) is 2. The summed E-state index contributed by atoms with van der Waals surface area (Å²) in [5.74, 6) is 2.14. The molecule has 11 nitrogen and oxygen atoms in total. The van der Waals surface area contributed by atoms with Gasteiger partial charge in [-0.05, 0) is 82.3 Å². The molecule has 1 aromatic carbocycles. The van der Waals surface area contributed by atoms with Gasteiger partial charge in [0.25, 0.3) is 5.91 Å². The fourth-order valence-electron chi connectivity index (χ4n) is 6.86. The zero-order valence-electron chi connectivity index (χ0n) is 24.7. The average molecular weight is 581 g/mol. The third-order valence-corrected chi connectivity index (χ3v) is 9.12. The number of benzene rings is 1. The van der Waals surface area contributed by atoms with Crippen LogP contribution in [0.25, 0.3) is 17.0 Å². The Labute approximate surface area is 252 Å². The highest BCUT2D eigenvalue weighted by Crippen LogP contribution is 2.33. The van der Waals surface area contributed by atoms with Crippen molar-refractivity contribution in [1.29, 1.82) is 0 Å². The van der Waals surface area contributed by atoms with Crippen molar-refractivity contribution in [1.82, 2.24) is 39.7 Å². The minimum Gasteiger partial charge on any atom is -0.339 e. The number of likely N-dealkylation sites (tertiary alicyclic amines) is 1. The standard InChI is InChI=1S/C32H40N10O/c43-31(40-19-5-2-6-20-40)23-9-11-24(12-10-23)37-29-28-30(41(22-36-28)27-21-34-17-18-35-27)39-32(38-29)42(25-7-3-1-4-8-25)26-13-15-33-16-14-26/h9-12,17-18,21-22,25-26,33H,1-8,13-16,19-20H2,(H,37,38,39). The molecule has 0 unspecified atom stereocenters. The van der Waals surface area contributed by atoms with E-state index in [2.05, 4.69) is 25.5 Å². The maximum atomic E-state index is 13.1. The summed E-state index contributed by atoms with van der Waals surface area (Å²) in [6, 6.07) is 8.50. The van der Waals surface area contributed by atoms with Crippen molar-refractivity contribution in [2.24, 2.45) is 0 Å². The monoisotopic (exact) mass is 580 g/mol. The zero-order chi connectivity index (χ0) is 29.0. The third-order valence-electron chi connectivity index (χ3n) is 9.12. The first kappa shape index (κ1) is 27.7. The Kier molecular flexibility index (Phi) is 8.13. The topological polar surface area (TPSA) is 117 Å². The summed E-state index contributed by atoms with van der Waals surface area (Å²) in [4.78, 5) is 41.4. The smallest absolute Gasteiger partial charge is 0.253 e. The molecular weight excluding hydrogens is 540 g/mol. The minimum absolute atomic E-state index is 0.103. The molecule has 3 aromatic heterocycles. The Morgan fingerprint density at radius 1 is 0.860 bits per heavy atom. The summed E-state index contributed by atoms with van der Waals surface area (Å²) in [6.07, 6.45) is 18.4. The van der Waals surface area contributed by atoms with E-state index in [1.54, 1.807) is 24.9 Å². The summed E-state index contributed by atoms with van der Waals surface area (Å²) in [6.45, 7) is 3.68. The van der Waals surface area contributed by atoms with E-state index in [0.29, 0.717) is 40.4 Å². The van der Waals surface area contributed by atoms with E-state index < -0.39 is 0 Å². The number of aromatic nitrogens is 6. The van der Waals surface area contributed by atoms with Gasteiger partial charge < -0.3 is 20.4 Å². The lowest BCUT2D eigenvalue weighted by Crippen LogP contribution is -2.49. The molecule has 1 saturated carbocycles. The summed E-state index contributed by atoms with van der Waals surface area (Å²) in [5.41, 5.74) is 2.92. The number of carbonyl (C=O) groups is 1. The number of anilines is 3. The second-order valence-corrected chi connectivity index (χ2v) is 12.0. The molecule has 7 rings (SSSR count). The lowest BCUT2D eigenvalue weighted by atomic mass is 9.91. The van der Waals surface area contributed by atoms with Gasteiger partial charge in [-0.2, -0.15) is 9.97 Å². The van der Waals surface area contributed by atoms with Crippen LogP contribution >= 0.6 is 0 Å². The van der Waals surface area contributed by atoms with Gasteiger partial charge >= 0.3 is 0 Å². The van der Waals surface area contributed by atoms with Crippen molar-refractivity contribution < 1.29 is 4.79 Å². The summed E-state index contributed by atoms with van der Waals surface area (Å²) in [5, 5.41) is 7.05. The highest BCUT2D eigenvalue weighted by atomic mass is 16.2. The maximum Gasteiger partial charge on any atom is 0.253 e. The van der Waals surface area contributed by atoms with Gasteiger partial charge in [0.1, 0.15) is 6.33 Å². The molecule has 1 aliphatic carbocycles. The van der Waals surface area contributed by atoms with Crippen molar-refractivity contribution >= 4 is 34.5 Å². The average Bonchev–Trinajstić information content (AvgIpc) is 3.51. The number of piperidine rings is 2. The summed E-state index contributed by atoms with van der Waals surface area (Å²) < 4.78 is 1.89. The molecule has 43 heavy (non-hydrogen) atoms. The van der Waals surface area contributed by atoms with Crippen LogP contribution in [0.15, 0.2) is 49.2 Å². The molecule has 0 atom stereocenters. The van der Waals surface area contributed by atoms with Crippen molar-refractivity contribution in [3.8, 4) is 5.82 Å². The minimum atomic E-state index is 0.103. The number of hydrogen-bond acceptors (Lipinski definition) is 9. The van der Waals surface area contributed by atoms with Crippen LogP contribution in [-0.2, 0) is 0 Å². The Morgan fingerprint density at radius 2 is 1.60 bits per heavy atom. The van der Waals surface area contributed by atoms with Crippen LogP contribution in [0.5, 0.6) is 0 Å². The van der Waals surface area contributed by atoms with E-state index in [1.807, 2.05) is 33.7 Å². The Balaban J connectivity index is 1.27. The second kappa shape index (κ2) is 12.6. The molecular formula is C32H40N10O. The summed E-state index contributed by atoms with van der Waals surface area (Å²) >= 11 is 0. The summed E-state index contributed by atoms with van der Waals surface area (Å²) in [7, 11) is 0. The van der Waals surface area contributed by atoms with Crippen LogP contribution < -0.4 is 15.5 Å². The molecule has 5 heterocycles. The van der Waals surface area contributed by atoms with Crippen LogP contribution in [0.4, 0.5) is 17.5 Å². The van der Waals surface area contributed by atoms with Crippen LogP contribution in [0.2, 0.25) is 0 Å². The molecule has 2 aliphatic heterocycles. The fraction of sp³-hybridized carbons (Fsp3) is 0.500. The quantitative estimate of drug-likeness (QED) is 0.316. The molecule has 11 heteroatoms. The van der Waals surface area contributed by atoms with Gasteiger partial charge in [-0.15, -0.1) is 0 Å². The number of carbonyl (C=O) groups excluding carboxylic acids is 1. The molecule has 3 aliphatic rings. The predicted octanol–water partition coefficient (Wildman–Crippen LogP) is 4.87. The lowest BCUT2D eigenvalue weighted by molar-refractivity contribution is 0.0724. The van der Waals surface area contributed by atoms with Crippen molar-refractivity contribution in [2.45, 2.75) is 76.3 Å². The van der Waals surface area contributed by atoms with Gasteiger partial charge in [0, 0.05) is 48.8 Å². The van der Waals surface area contributed by atoms with E-state index in [1.165, 1.54) is 25.7 Å². The first-order valence-corrected chi connectivity index (χ1v) is 15.9. The number of rotatable bonds is 7. The van der Waals surface area contributed by atoms with Gasteiger partial charge in [-0.25, -0.2) is 9.97 Å². The molecule has 2 saturated heterocycles. The van der Waals surface area contributed by atoms with Crippen molar-refractivity contribution in [3.63, 3.8) is 0 Å². The van der Waals surface area contributed by atoms with Crippen LogP contribution in [0.1, 0.15) is 74.6 Å². The fourth-order valence-corrected chi connectivity index (χ4v) is 6.86.